The third-order valence-electron chi connectivity index (χ3n) is 6.99. The van der Waals surface area contributed by atoms with E-state index in [4.69, 9.17) is 26.1 Å². The first kappa shape index (κ1) is 29.1. The van der Waals surface area contributed by atoms with Crippen molar-refractivity contribution in [3.05, 3.63) is 81.8 Å². The lowest BCUT2D eigenvalue weighted by Gasteiger charge is -2.39. The highest BCUT2D eigenvalue weighted by molar-refractivity contribution is 6.35. The molecule has 1 fully saturated rings. The Kier molecular flexibility index (Phi) is 8.75. The van der Waals surface area contributed by atoms with E-state index < -0.39 is 0 Å². The van der Waals surface area contributed by atoms with E-state index in [1.165, 1.54) is 7.11 Å². The fraction of sp³-hybridized carbons (Fsp3) is 0.290. The van der Waals surface area contributed by atoms with Crippen molar-refractivity contribution in [2.24, 2.45) is 0 Å². The highest BCUT2D eigenvalue weighted by Gasteiger charge is 2.29. The number of benzene rings is 2. The Labute approximate surface area is 248 Å². The number of ether oxygens (including phenoxy) is 2. The highest BCUT2D eigenvalue weighted by atomic mass is 35.5. The van der Waals surface area contributed by atoms with Crippen LogP contribution in [0, 0.1) is 0 Å². The Morgan fingerprint density at radius 3 is 2.55 bits per heavy atom. The minimum Gasteiger partial charge on any atom is -0.497 e. The molecule has 0 saturated carbocycles. The number of amides is 1. The van der Waals surface area contributed by atoms with Gasteiger partial charge < -0.3 is 25.0 Å². The van der Waals surface area contributed by atoms with E-state index in [0.29, 0.717) is 70.8 Å². The van der Waals surface area contributed by atoms with Gasteiger partial charge >= 0.3 is 0 Å². The van der Waals surface area contributed by atoms with Crippen molar-refractivity contribution in [3.63, 3.8) is 0 Å². The van der Waals surface area contributed by atoms with Gasteiger partial charge in [-0.25, -0.2) is 4.98 Å². The lowest BCUT2D eigenvalue weighted by Crippen LogP contribution is -2.60. The molecule has 4 aromatic rings. The Hall–Kier alpha value is -4.41. The maximum atomic E-state index is 14.1. The lowest BCUT2D eigenvalue weighted by atomic mass is 10.0. The molecule has 0 radical (unpaired) electrons. The molecule has 1 aliphatic rings. The van der Waals surface area contributed by atoms with Crippen molar-refractivity contribution < 1.29 is 14.3 Å². The Morgan fingerprint density at radius 2 is 1.86 bits per heavy atom. The van der Waals surface area contributed by atoms with E-state index in [2.05, 4.69) is 15.6 Å². The van der Waals surface area contributed by atoms with E-state index in [1.807, 2.05) is 44.2 Å². The number of halogens is 1. The minimum atomic E-state index is -0.264. The third kappa shape index (κ3) is 6.24. The number of nitrogens with zero attached hydrogens (tertiary/aromatic N) is 4. The first-order chi connectivity index (χ1) is 20.3. The van der Waals surface area contributed by atoms with E-state index >= 15 is 0 Å². The second kappa shape index (κ2) is 12.6. The summed E-state index contributed by atoms with van der Waals surface area (Å²) < 4.78 is 12.5. The van der Waals surface area contributed by atoms with Gasteiger partial charge in [0.15, 0.2) is 0 Å². The summed E-state index contributed by atoms with van der Waals surface area (Å²) in [6, 6.07) is 14.9. The number of rotatable bonds is 10. The fourth-order valence-corrected chi connectivity index (χ4v) is 5.10. The number of aromatic nitrogens is 3. The Bertz CT molecular complexity index is 1700. The molecule has 5 rings (SSSR count). The molecule has 0 aliphatic carbocycles. The van der Waals surface area contributed by atoms with Crippen molar-refractivity contribution in [3.8, 4) is 22.6 Å². The number of anilines is 2. The molecule has 1 amide bonds. The summed E-state index contributed by atoms with van der Waals surface area (Å²) in [6.07, 6.45) is 3.33. The molecular formula is C31H33ClN6O4. The maximum absolute atomic E-state index is 14.1. The van der Waals surface area contributed by atoms with Crippen LogP contribution in [0.3, 0.4) is 0 Å². The fourth-order valence-electron chi connectivity index (χ4n) is 4.81. The lowest BCUT2D eigenvalue weighted by molar-refractivity contribution is -0.130. The first-order valence-corrected chi connectivity index (χ1v) is 14.0. The molecule has 1 aliphatic heterocycles. The predicted octanol–water partition coefficient (Wildman–Crippen LogP) is 4.64. The minimum absolute atomic E-state index is 0.0173. The number of para-hydroxylation sites is 1. The van der Waals surface area contributed by atoms with Crippen LogP contribution in [0.2, 0.25) is 5.02 Å². The van der Waals surface area contributed by atoms with Crippen LogP contribution in [0.4, 0.5) is 11.6 Å². The van der Waals surface area contributed by atoms with Gasteiger partial charge in [-0.1, -0.05) is 35.4 Å². The van der Waals surface area contributed by atoms with Gasteiger partial charge in [-0.05, 0) is 38.1 Å². The van der Waals surface area contributed by atoms with Crippen molar-refractivity contribution >= 4 is 40.2 Å². The Balaban J connectivity index is 1.48. The average molecular weight is 589 g/mol. The van der Waals surface area contributed by atoms with Crippen molar-refractivity contribution in [2.45, 2.75) is 26.4 Å². The van der Waals surface area contributed by atoms with Crippen LogP contribution in [0.1, 0.15) is 13.8 Å². The summed E-state index contributed by atoms with van der Waals surface area (Å²) in [7, 11) is 3.06. The molecule has 3 heterocycles. The van der Waals surface area contributed by atoms with Crippen LogP contribution in [0.5, 0.6) is 11.5 Å². The number of hydrogen-bond acceptors (Lipinski definition) is 8. The molecular weight excluding hydrogens is 556 g/mol. The average Bonchev–Trinajstić information content (AvgIpc) is 2.95. The molecule has 2 aromatic heterocycles. The van der Waals surface area contributed by atoms with Gasteiger partial charge in [-0.2, -0.15) is 4.98 Å². The molecule has 0 spiro atoms. The molecule has 11 heteroatoms. The summed E-state index contributed by atoms with van der Waals surface area (Å²) in [5.74, 6) is 1.30. The normalized spacial score (nSPS) is 13.0. The van der Waals surface area contributed by atoms with Crippen LogP contribution >= 0.6 is 11.6 Å². The van der Waals surface area contributed by atoms with Gasteiger partial charge in [0.2, 0.25) is 11.9 Å². The van der Waals surface area contributed by atoms with Crippen LogP contribution in [-0.2, 0) is 11.3 Å². The number of fused-ring (bicyclic) bond motifs is 1. The van der Waals surface area contributed by atoms with Gasteiger partial charge in [0.05, 0.1) is 19.2 Å². The zero-order valence-corrected chi connectivity index (χ0v) is 24.7. The number of methoxy groups -OCH3 is 2. The zero-order valence-electron chi connectivity index (χ0n) is 24.0. The summed E-state index contributed by atoms with van der Waals surface area (Å²) >= 11 is 6.69. The molecule has 10 nitrogen and oxygen atoms in total. The summed E-state index contributed by atoms with van der Waals surface area (Å²) in [5.41, 5.74) is 2.88. The number of allylic oxidation sites excluding steroid dienone is 1. The largest absolute Gasteiger partial charge is 0.497 e. The standard InChI is InChI=1S/C31H33ClN6O4/c1-19(2)12-27(39)37-17-22(18-37)33-10-11-38-29-20(16-34-31(36-29)35-21-8-6-5-7-9-21)13-25(30(38)40)24-14-23(41-3)15-26(42-4)28(24)32/h5-9,12-16,22,33H,10-11,17-18H2,1-4H3,(H,34,35,36). The summed E-state index contributed by atoms with van der Waals surface area (Å²) in [5, 5.41) is 7.63. The van der Waals surface area contributed by atoms with E-state index in [9.17, 15) is 9.59 Å². The topological polar surface area (TPSA) is 111 Å². The zero-order chi connectivity index (χ0) is 29.8. The molecule has 0 bridgehead atoms. The molecule has 218 valence electrons. The van der Waals surface area contributed by atoms with E-state index in [1.54, 1.807) is 47.0 Å². The highest BCUT2D eigenvalue weighted by Crippen LogP contribution is 2.38. The van der Waals surface area contributed by atoms with Gasteiger partial charge in [-0.3, -0.25) is 14.2 Å². The van der Waals surface area contributed by atoms with E-state index in [-0.39, 0.29) is 17.5 Å². The third-order valence-corrected chi connectivity index (χ3v) is 7.38. The molecule has 42 heavy (non-hydrogen) atoms. The quantitative estimate of drug-likeness (QED) is 0.258. The maximum Gasteiger partial charge on any atom is 0.260 e. The smallest absolute Gasteiger partial charge is 0.260 e. The molecule has 2 aromatic carbocycles. The predicted molar refractivity (Wildman–Crippen MR) is 165 cm³/mol. The van der Waals surface area contributed by atoms with Crippen LogP contribution in [-0.4, -0.2) is 65.2 Å². The second-order valence-corrected chi connectivity index (χ2v) is 10.7. The van der Waals surface area contributed by atoms with Crippen molar-refractivity contribution in [2.75, 3.05) is 39.2 Å². The van der Waals surface area contributed by atoms with Gasteiger partial charge in [0.1, 0.15) is 17.1 Å². The SMILES string of the molecule is COc1cc(OC)c(Cl)c(-c2cc3cnc(Nc4ccccc4)nc3n(CCNC3CN(C(=O)C=C(C)C)C3)c2=O)c1. The number of hydrogen-bond donors (Lipinski definition) is 2. The Morgan fingerprint density at radius 1 is 1.10 bits per heavy atom. The number of carbonyl (C=O) groups excluding carboxylic acids is 1. The number of carbonyl (C=O) groups is 1. The number of likely N-dealkylation sites (tertiary alicyclic amines) is 1. The van der Waals surface area contributed by atoms with Gasteiger partial charge in [-0.15, -0.1) is 0 Å². The molecule has 1 saturated heterocycles. The summed E-state index contributed by atoms with van der Waals surface area (Å²) in [6.45, 7) is 5.87. The molecule has 0 atom stereocenters. The van der Waals surface area contributed by atoms with Crippen molar-refractivity contribution in [1.82, 2.24) is 24.8 Å². The molecule has 0 unspecified atom stereocenters. The monoisotopic (exact) mass is 588 g/mol. The number of nitrogens with one attached hydrogen (secondary N) is 2. The van der Waals surface area contributed by atoms with Crippen LogP contribution < -0.4 is 25.7 Å². The number of pyridine rings is 1. The van der Waals surface area contributed by atoms with Crippen molar-refractivity contribution in [1.29, 1.82) is 0 Å². The van der Waals surface area contributed by atoms with Gasteiger partial charge in [0.25, 0.3) is 5.56 Å². The van der Waals surface area contributed by atoms with E-state index in [0.717, 1.165) is 11.3 Å². The van der Waals surface area contributed by atoms with Crippen LogP contribution in [0.25, 0.3) is 22.2 Å². The molecule has 2 N–H and O–H groups in total. The first-order valence-electron chi connectivity index (χ1n) is 13.6. The van der Waals surface area contributed by atoms with Gasteiger partial charge in [0, 0.05) is 72.8 Å². The summed E-state index contributed by atoms with van der Waals surface area (Å²) in [4.78, 5) is 37.3. The second-order valence-electron chi connectivity index (χ2n) is 10.3. The van der Waals surface area contributed by atoms with Crippen LogP contribution in [0.15, 0.2) is 71.2 Å².